The molecule has 3 amide bonds. The zero-order valence-electron chi connectivity index (χ0n) is 15.3. The molecule has 0 bridgehead atoms. The number of aromatic hydroxyl groups is 1. The van der Waals surface area contributed by atoms with Gasteiger partial charge in [0.05, 0.1) is 16.5 Å². The predicted molar refractivity (Wildman–Crippen MR) is 114 cm³/mol. The second-order valence-electron chi connectivity index (χ2n) is 6.01. The van der Waals surface area contributed by atoms with Crippen LogP contribution in [0.25, 0.3) is 6.08 Å². The van der Waals surface area contributed by atoms with Crippen molar-refractivity contribution in [2.75, 3.05) is 20.2 Å². The minimum absolute atomic E-state index is 0.0545. The average molecular weight is 477 g/mol. The van der Waals surface area contributed by atoms with Crippen LogP contribution >= 0.6 is 27.7 Å². The molecular weight excluding hydrogens is 460 g/mol. The first kappa shape index (κ1) is 20.9. The predicted octanol–water partition coefficient (Wildman–Crippen LogP) is 3.63. The summed E-state index contributed by atoms with van der Waals surface area (Å²) in [6.07, 6.45) is 1.67. The molecular formula is C20H17BrN2O5S. The number of thioether (sulfide) groups is 1. The first-order chi connectivity index (χ1) is 13.9. The van der Waals surface area contributed by atoms with Gasteiger partial charge >= 0.3 is 0 Å². The highest BCUT2D eigenvalue weighted by atomic mass is 79.9. The molecule has 1 aliphatic rings. The third-order valence-electron chi connectivity index (χ3n) is 4.10. The van der Waals surface area contributed by atoms with Gasteiger partial charge in [0.15, 0.2) is 11.5 Å². The lowest BCUT2D eigenvalue weighted by Crippen LogP contribution is -2.37. The SMILES string of the molecule is COc1cc(C(=O)NCCN2C(=O)S/C(=C\c3ccccc3)C2=O)cc(Br)c1O. The molecule has 0 unspecified atom stereocenters. The summed E-state index contributed by atoms with van der Waals surface area (Å²) in [5.74, 6) is -0.753. The summed E-state index contributed by atoms with van der Waals surface area (Å²) in [6, 6.07) is 12.1. The molecule has 1 saturated heterocycles. The average Bonchev–Trinajstić information content (AvgIpc) is 2.97. The topological polar surface area (TPSA) is 95.9 Å². The molecule has 0 radical (unpaired) electrons. The van der Waals surface area contributed by atoms with Crippen molar-refractivity contribution in [2.45, 2.75) is 0 Å². The van der Waals surface area contributed by atoms with Crippen LogP contribution in [0.3, 0.4) is 0 Å². The largest absolute Gasteiger partial charge is 0.503 e. The molecule has 2 aromatic rings. The van der Waals surface area contributed by atoms with Crippen LogP contribution in [0.2, 0.25) is 0 Å². The number of ether oxygens (including phenoxy) is 1. The van der Waals surface area contributed by atoms with E-state index in [-0.39, 0.29) is 41.3 Å². The van der Waals surface area contributed by atoms with Crippen molar-refractivity contribution in [3.05, 3.63) is 63.0 Å². The van der Waals surface area contributed by atoms with Gasteiger partial charge in [-0.1, -0.05) is 30.3 Å². The van der Waals surface area contributed by atoms with E-state index in [4.69, 9.17) is 4.74 Å². The number of carbonyl (C=O) groups is 3. The molecule has 7 nitrogen and oxygen atoms in total. The molecule has 1 aliphatic heterocycles. The van der Waals surface area contributed by atoms with Crippen molar-refractivity contribution >= 4 is 50.8 Å². The van der Waals surface area contributed by atoms with E-state index in [1.54, 1.807) is 6.08 Å². The molecule has 1 heterocycles. The van der Waals surface area contributed by atoms with Crippen LogP contribution in [-0.4, -0.2) is 47.3 Å². The van der Waals surface area contributed by atoms with Crippen LogP contribution in [0.5, 0.6) is 11.5 Å². The van der Waals surface area contributed by atoms with Crippen molar-refractivity contribution in [1.29, 1.82) is 0 Å². The van der Waals surface area contributed by atoms with Gasteiger partial charge in [0.2, 0.25) is 0 Å². The first-order valence-electron chi connectivity index (χ1n) is 8.56. The summed E-state index contributed by atoms with van der Waals surface area (Å²) in [5.41, 5.74) is 1.10. The lowest BCUT2D eigenvalue weighted by Gasteiger charge is -2.13. The number of carbonyl (C=O) groups excluding carboxylic acids is 3. The smallest absolute Gasteiger partial charge is 0.293 e. The fourth-order valence-electron chi connectivity index (χ4n) is 2.64. The van der Waals surface area contributed by atoms with Crippen LogP contribution in [-0.2, 0) is 4.79 Å². The molecule has 3 rings (SSSR count). The Kier molecular flexibility index (Phi) is 6.60. The van der Waals surface area contributed by atoms with E-state index in [9.17, 15) is 19.5 Å². The van der Waals surface area contributed by atoms with Gasteiger partial charge in [0.25, 0.3) is 17.1 Å². The highest BCUT2D eigenvalue weighted by molar-refractivity contribution is 9.10. The summed E-state index contributed by atoms with van der Waals surface area (Å²) in [7, 11) is 1.38. The van der Waals surface area contributed by atoms with Crippen molar-refractivity contribution in [3.63, 3.8) is 0 Å². The Morgan fingerprint density at radius 1 is 1.28 bits per heavy atom. The number of halogens is 1. The number of hydrogen-bond donors (Lipinski definition) is 2. The highest BCUT2D eigenvalue weighted by Crippen LogP contribution is 2.35. The van der Waals surface area contributed by atoms with Crippen LogP contribution < -0.4 is 10.1 Å². The summed E-state index contributed by atoms with van der Waals surface area (Å²) in [4.78, 5) is 38.4. The lowest BCUT2D eigenvalue weighted by atomic mass is 10.2. The molecule has 0 atom stereocenters. The normalized spacial score (nSPS) is 15.1. The van der Waals surface area contributed by atoms with Gasteiger partial charge < -0.3 is 15.2 Å². The number of phenolic OH excluding ortho intramolecular Hbond substituents is 1. The number of benzene rings is 2. The number of hydrogen-bond acceptors (Lipinski definition) is 6. The van der Waals surface area contributed by atoms with Gasteiger partial charge in [-0.25, -0.2) is 0 Å². The molecule has 2 N–H and O–H groups in total. The second kappa shape index (κ2) is 9.15. The Labute approximate surface area is 179 Å². The molecule has 0 spiro atoms. The maximum Gasteiger partial charge on any atom is 0.293 e. The quantitative estimate of drug-likeness (QED) is 0.617. The Hall–Kier alpha value is -2.78. The van der Waals surface area contributed by atoms with Crippen LogP contribution in [0.15, 0.2) is 51.8 Å². The molecule has 1 fully saturated rings. The minimum Gasteiger partial charge on any atom is -0.503 e. The van der Waals surface area contributed by atoms with E-state index in [0.29, 0.717) is 9.38 Å². The Morgan fingerprint density at radius 3 is 2.69 bits per heavy atom. The van der Waals surface area contributed by atoms with Gasteiger partial charge in [-0.15, -0.1) is 0 Å². The Bertz CT molecular complexity index is 994. The van der Waals surface area contributed by atoms with Crippen LogP contribution in [0.4, 0.5) is 4.79 Å². The van der Waals surface area contributed by atoms with Crippen LogP contribution in [0, 0.1) is 0 Å². The maximum atomic E-state index is 12.5. The van der Waals surface area contributed by atoms with Gasteiger partial charge in [0.1, 0.15) is 0 Å². The minimum atomic E-state index is -0.421. The van der Waals surface area contributed by atoms with Gasteiger partial charge in [-0.05, 0) is 51.5 Å². The monoisotopic (exact) mass is 476 g/mol. The number of nitrogens with one attached hydrogen (secondary N) is 1. The van der Waals surface area contributed by atoms with E-state index in [1.165, 1.54) is 19.2 Å². The summed E-state index contributed by atoms with van der Waals surface area (Å²) in [5, 5.41) is 12.1. The standard InChI is InChI=1S/C20H17BrN2O5S/c1-28-15-11-13(10-14(21)17(15)24)18(25)22-7-8-23-19(26)16(29-20(23)27)9-12-5-3-2-4-6-12/h2-6,9-11,24H,7-8H2,1H3,(H,22,25)/b16-9-. The Balaban J connectivity index is 1.61. The third kappa shape index (κ3) is 4.80. The highest BCUT2D eigenvalue weighted by Gasteiger charge is 2.34. The number of phenols is 1. The van der Waals surface area contributed by atoms with Gasteiger partial charge in [0, 0.05) is 18.7 Å². The van der Waals surface area contributed by atoms with Crippen molar-refractivity contribution in [1.82, 2.24) is 10.2 Å². The molecule has 150 valence electrons. The number of amides is 3. The summed E-state index contributed by atoms with van der Waals surface area (Å²) < 4.78 is 5.34. The van der Waals surface area contributed by atoms with E-state index >= 15 is 0 Å². The van der Waals surface area contributed by atoms with Crippen molar-refractivity contribution in [3.8, 4) is 11.5 Å². The van der Waals surface area contributed by atoms with Gasteiger partial charge in [-0.2, -0.15) is 0 Å². The Morgan fingerprint density at radius 2 is 2.00 bits per heavy atom. The molecule has 0 aliphatic carbocycles. The molecule has 2 aromatic carbocycles. The van der Waals surface area contributed by atoms with Crippen molar-refractivity contribution in [2.24, 2.45) is 0 Å². The fourth-order valence-corrected chi connectivity index (χ4v) is 3.94. The first-order valence-corrected chi connectivity index (χ1v) is 10.2. The second-order valence-corrected chi connectivity index (χ2v) is 7.86. The van der Waals surface area contributed by atoms with E-state index < -0.39 is 5.91 Å². The molecule has 29 heavy (non-hydrogen) atoms. The fraction of sp³-hybridized carbons (Fsp3) is 0.150. The zero-order valence-corrected chi connectivity index (χ0v) is 17.7. The molecule has 9 heteroatoms. The number of rotatable bonds is 6. The van der Waals surface area contributed by atoms with E-state index in [2.05, 4.69) is 21.2 Å². The third-order valence-corrected chi connectivity index (χ3v) is 5.61. The van der Waals surface area contributed by atoms with E-state index in [0.717, 1.165) is 22.2 Å². The van der Waals surface area contributed by atoms with E-state index in [1.807, 2.05) is 30.3 Å². The van der Waals surface area contributed by atoms with Gasteiger partial charge in [-0.3, -0.25) is 19.3 Å². The molecule has 0 saturated carbocycles. The maximum absolute atomic E-state index is 12.5. The zero-order chi connectivity index (χ0) is 21.0. The number of nitrogens with zero attached hydrogens (tertiary/aromatic N) is 1. The summed E-state index contributed by atoms with van der Waals surface area (Å²) in [6.45, 7) is 0.148. The number of imide groups is 1. The summed E-state index contributed by atoms with van der Waals surface area (Å²) >= 11 is 4.04. The van der Waals surface area contributed by atoms with Crippen molar-refractivity contribution < 1.29 is 24.2 Å². The number of methoxy groups -OCH3 is 1. The van der Waals surface area contributed by atoms with Crippen LogP contribution in [0.1, 0.15) is 15.9 Å². The molecule has 0 aromatic heterocycles. The lowest BCUT2D eigenvalue weighted by molar-refractivity contribution is -0.122.